The molecule has 0 spiro atoms. The van der Waals surface area contributed by atoms with Gasteiger partial charge < -0.3 is 14.7 Å². The molecular weight excluding hydrogens is 380 g/mol. The average molecular weight is 411 g/mol. The lowest BCUT2D eigenvalue weighted by Crippen LogP contribution is -2.55. The zero-order valence-electron chi connectivity index (χ0n) is 18.0. The maximum absolute atomic E-state index is 13.5. The molecule has 0 aliphatic carbocycles. The Morgan fingerprint density at radius 3 is 2.40 bits per heavy atom. The van der Waals surface area contributed by atoms with E-state index in [0.717, 1.165) is 5.56 Å². The van der Waals surface area contributed by atoms with E-state index in [4.69, 9.17) is 4.74 Å². The van der Waals surface area contributed by atoms with Crippen LogP contribution in [0.2, 0.25) is 0 Å². The van der Waals surface area contributed by atoms with Crippen LogP contribution in [0.1, 0.15) is 44.7 Å². The Morgan fingerprint density at radius 1 is 1.13 bits per heavy atom. The summed E-state index contributed by atoms with van der Waals surface area (Å²) < 4.78 is 5.89. The van der Waals surface area contributed by atoms with Gasteiger partial charge in [-0.05, 0) is 35.1 Å². The fourth-order valence-corrected chi connectivity index (χ4v) is 3.59. The molecule has 0 radical (unpaired) electrons. The standard InChI is InChI=1S/C24H30N2O4/c1-15(2)18-11-9-17(10-12-18)13-26-20-7-5-6-8-21(20)30-14-19(23(26)27)25-22(16(3)4)24(28)29/h5-12,15-16,19,22,25H,13-14H2,1-4H3,(H,28,29)/t19?,22-/m1/s1. The number of benzene rings is 2. The lowest BCUT2D eigenvalue weighted by molar-refractivity contribution is -0.141. The predicted octanol–water partition coefficient (Wildman–Crippen LogP) is 3.80. The summed E-state index contributed by atoms with van der Waals surface area (Å²) in [6, 6.07) is 14.1. The molecule has 0 aromatic heterocycles. The lowest BCUT2D eigenvalue weighted by Gasteiger charge is -2.28. The molecule has 1 unspecified atom stereocenters. The van der Waals surface area contributed by atoms with Crippen molar-refractivity contribution >= 4 is 17.6 Å². The Bertz CT molecular complexity index is 892. The molecule has 0 fully saturated rings. The molecule has 160 valence electrons. The normalized spacial score (nSPS) is 17.5. The number of fused-ring (bicyclic) bond motifs is 1. The largest absolute Gasteiger partial charge is 0.489 e. The molecule has 30 heavy (non-hydrogen) atoms. The fraction of sp³-hybridized carbons (Fsp3) is 0.417. The number of para-hydroxylation sites is 2. The van der Waals surface area contributed by atoms with Crippen LogP contribution in [0.4, 0.5) is 5.69 Å². The number of carboxylic acids is 1. The van der Waals surface area contributed by atoms with Crippen LogP contribution in [0, 0.1) is 5.92 Å². The summed E-state index contributed by atoms with van der Waals surface area (Å²) in [6.45, 7) is 8.38. The summed E-state index contributed by atoms with van der Waals surface area (Å²) >= 11 is 0. The number of anilines is 1. The summed E-state index contributed by atoms with van der Waals surface area (Å²) in [5.41, 5.74) is 2.93. The van der Waals surface area contributed by atoms with Gasteiger partial charge in [0, 0.05) is 0 Å². The highest BCUT2D eigenvalue weighted by Crippen LogP contribution is 2.32. The van der Waals surface area contributed by atoms with Crippen molar-refractivity contribution in [3.05, 3.63) is 59.7 Å². The molecule has 2 aromatic carbocycles. The molecule has 1 amide bonds. The van der Waals surface area contributed by atoms with Gasteiger partial charge in [0.05, 0.1) is 12.2 Å². The van der Waals surface area contributed by atoms with Gasteiger partial charge >= 0.3 is 5.97 Å². The Labute approximate surface area is 177 Å². The van der Waals surface area contributed by atoms with Crippen LogP contribution in [0.25, 0.3) is 0 Å². The number of hydrogen-bond donors (Lipinski definition) is 2. The first-order valence-electron chi connectivity index (χ1n) is 10.4. The van der Waals surface area contributed by atoms with Crippen molar-refractivity contribution in [1.82, 2.24) is 5.32 Å². The van der Waals surface area contributed by atoms with Crippen LogP contribution in [0.15, 0.2) is 48.5 Å². The molecular formula is C24H30N2O4. The third-order valence-electron chi connectivity index (χ3n) is 5.43. The zero-order valence-corrected chi connectivity index (χ0v) is 18.0. The molecule has 2 atom stereocenters. The highest BCUT2D eigenvalue weighted by atomic mass is 16.5. The van der Waals surface area contributed by atoms with Crippen molar-refractivity contribution in [2.45, 2.75) is 52.2 Å². The number of hydrogen-bond acceptors (Lipinski definition) is 4. The number of ether oxygens (including phenoxy) is 1. The van der Waals surface area contributed by atoms with E-state index in [2.05, 4.69) is 31.3 Å². The van der Waals surface area contributed by atoms with Crippen LogP contribution in [-0.2, 0) is 16.1 Å². The second-order valence-corrected chi connectivity index (χ2v) is 8.38. The highest BCUT2D eigenvalue weighted by molar-refractivity contribution is 5.99. The van der Waals surface area contributed by atoms with Gasteiger partial charge in [0.2, 0.25) is 5.91 Å². The number of rotatable bonds is 7. The SMILES string of the molecule is CC(C)c1ccc(CN2C(=O)C(N[C@@H](C(=O)O)C(C)C)COc3ccccc32)cc1. The van der Waals surface area contributed by atoms with Gasteiger partial charge in [0.1, 0.15) is 24.4 Å². The Hall–Kier alpha value is -2.86. The van der Waals surface area contributed by atoms with E-state index < -0.39 is 18.1 Å². The average Bonchev–Trinajstić information content (AvgIpc) is 2.83. The first-order chi connectivity index (χ1) is 14.3. The van der Waals surface area contributed by atoms with E-state index in [0.29, 0.717) is 23.9 Å². The maximum atomic E-state index is 13.5. The summed E-state index contributed by atoms with van der Waals surface area (Å²) in [4.78, 5) is 26.8. The Kier molecular flexibility index (Phi) is 6.77. The Morgan fingerprint density at radius 2 is 1.80 bits per heavy atom. The number of carboxylic acid groups (broad SMARTS) is 1. The molecule has 1 aliphatic rings. The summed E-state index contributed by atoms with van der Waals surface area (Å²) in [7, 11) is 0. The number of carbonyl (C=O) groups is 2. The molecule has 1 heterocycles. The monoisotopic (exact) mass is 410 g/mol. The summed E-state index contributed by atoms with van der Waals surface area (Å²) in [5, 5.41) is 12.6. The minimum absolute atomic E-state index is 0.0785. The van der Waals surface area contributed by atoms with E-state index in [1.807, 2.05) is 50.2 Å². The van der Waals surface area contributed by atoms with Crippen LogP contribution in [0.3, 0.4) is 0 Å². The van der Waals surface area contributed by atoms with E-state index in [1.165, 1.54) is 5.56 Å². The van der Waals surface area contributed by atoms with Crippen LogP contribution >= 0.6 is 0 Å². The number of amides is 1. The van der Waals surface area contributed by atoms with Gasteiger partial charge in [-0.2, -0.15) is 0 Å². The molecule has 2 N–H and O–H groups in total. The van der Waals surface area contributed by atoms with Crippen molar-refractivity contribution < 1.29 is 19.4 Å². The fourth-order valence-electron chi connectivity index (χ4n) is 3.59. The lowest BCUT2D eigenvalue weighted by atomic mass is 10.0. The van der Waals surface area contributed by atoms with Gasteiger partial charge in [0.15, 0.2) is 0 Å². The molecule has 0 bridgehead atoms. The number of aliphatic carboxylic acids is 1. The molecule has 0 saturated heterocycles. The molecule has 6 nitrogen and oxygen atoms in total. The first kappa shape index (κ1) is 21.8. The maximum Gasteiger partial charge on any atom is 0.320 e. The number of nitrogens with one attached hydrogen (secondary N) is 1. The van der Waals surface area contributed by atoms with Crippen LogP contribution in [-0.4, -0.2) is 35.7 Å². The van der Waals surface area contributed by atoms with Crippen molar-refractivity contribution in [1.29, 1.82) is 0 Å². The first-order valence-corrected chi connectivity index (χ1v) is 10.4. The van der Waals surface area contributed by atoms with E-state index in [-0.39, 0.29) is 18.4 Å². The van der Waals surface area contributed by atoms with Gasteiger partial charge in [-0.15, -0.1) is 0 Å². The number of nitrogens with zero attached hydrogens (tertiary/aromatic N) is 1. The van der Waals surface area contributed by atoms with Crippen LogP contribution in [0.5, 0.6) is 5.75 Å². The minimum atomic E-state index is -0.976. The Balaban J connectivity index is 1.90. The van der Waals surface area contributed by atoms with E-state index in [9.17, 15) is 14.7 Å². The van der Waals surface area contributed by atoms with Crippen molar-refractivity contribution in [3.8, 4) is 5.75 Å². The van der Waals surface area contributed by atoms with Crippen molar-refractivity contribution in [2.24, 2.45) is 5.92 Å². The molecule has 0 saturated carbocycles. The second-order valence-electron chi connectivity index (χ2n) is 8.38. The third kappa shape index (κ3) is 4.82. The zero-order chi connectivity index (χ0) is 21.8. The van der Waals surface area contributed by atoms with Crippen molar-refractivity contribution in [3.63, 3.8) is 0 Å². The second kappa shape index (κ2) is 9.30. The minimum Gasteiger partial charge on any atom is -0.489 e. The van der Waals surface area contributed by atoms with Gasteiger partial charge in [-0.25, -0.2) is 0 Å². The molecule has 6 heteroatoms. The molecule has 2 aromatic rings. The van der Waals surface area contributed by atoms with Gasteiger partial charge in [-0.1, -0.05) is 64.1 Å². The molecule has 1 aliphatic heterocycles. The van der Waals surface area contributed by atoms with Gasteiger partial charge in [-0.3, -0.25) is 14.9 Å². The summed E-state index contributed by atoms with van der Waals surface area (Å²) in [6.07, 6.45) is 0. The van der Waals surface area contributed by atoms with E-state index >= 15 is 0 Å². The third-order valence-corrected chi connectivity index (χ3v) is 5.43. The van der Waals surface area contributed by atoms with Crippen LogP contribution < -0.4 is 15.0 Å². The quantitative estimate of drug-likeness (QED) is 0.726. The highest BCUT2D eigenvalue weighted by Gasteiger charge is 2.35. The number of carbonyl (C=O) groups excluding carboxylic acids is 1. The van der Waals surface area contributed by atoms with Crippen molar-refractivity contribution in [2.75, 3.05) is 11.5 Å². The summed E-state index contributed by atoms with van der Waals surface area (Å²) in [5.74, 6) is -0.288. The molecule has 3 rings (SSSR count). The van der Waals surface area contributed by atoms with Gasteiger partial charge in [0.25, 0.3) is 0 Å². The smallest absolute Gasteiger partial charge is 0.320 e. The van der Waals surface area contributed by atoms with E-state index in [1.54, 1.807) is 4.90 Å². The topological polar surface area (TPSA) is 78.9 Å². The predicted molar refractivity (Wildman–Crippen MR) is 117 cm³/mol.